The van der Waals surface area contributed by atoms with Crippen LogP contribution in [0, 0.1) is 17.6 Å². The molecule has 6 nitrogen and oxygen atoms in total. The van der Waals surface area contributed by atoms with Crippen LogP contribution in [-0.2, 0) is 32.6 Å². The van der Waals surface area contributed by atoms with Gasteiger partial charge in [0.25, 0.3) is 0 Å². The third kappa shape index (κ3) is 4.56. The standard InChI is InChI=1S/C18H20F2N2O4S2/c1-2-17-21-14(11-27-17)10-26-18(23)12-5-7-22(8-6-12)28(24,25)16-9-13(19)3-4-15(16)20/h3-4,9,11-12H,2,5-8,10H2,1H3. The Labute approximate surface area is 166 Å². The number of halogens is 2. The summed E-state index contributed by atoms with van der Waals surface area (Å²) in [6.45, 7) is 2.15. The SMILES string of the molecule is CCc1nc(COC(=O)C2CCN(S(=O)(=O)c3cc(F)ccc3F)CC2)cs1. The molecule has 2 aromatic rings. The summed E-state index contributed by atoms with van der Waals surface area (Å²) in [5, 5.41) is 2.81. The van der Waals surface area contributed by atoms with Gasteiger partial charge >= 0.3 is 5.97 Å². The van der Waals surface area contributed by atoms with Gasteiger partial charge in [-0.25, -0.2) is 22.2 Å². The highest BCUT2D eigenvalue weighted by Crippen LogP contribution is 2.26. The van der Waals surface area contributed by atoms with Crippen molar-refractivity contribution < 1.29 is 26.7 Å². The van der Waals surface area contributed by atoms with Crippen molar-refractivity contribution in [3.05, 3.63) is 45.9 Å². The number of ether oxygens (including phenoxy) is 1. The van der Waals surface area contributed by atoms with Crippen molar-refractivity contribution in [1.29, 1.82) is 0 Å². The van der Waals surface area contributed by atoms with E-state index in [1.165, 1.54) is 11.3 Å². The zero-order valence-corrected chi connectivity index (χ0v) is 16.9. The van der Waals surface area contributed by atoms with Crippen LogP contribution >= 0.6 is 11.3 Å². The second-order valence-corrected chi connectivity index (χ2v) is 9.30. The number of rotatable bonds is 6. The molecule has 152 valence electrons. The average molecular weight is 430 g/mol. The lowest BCUT2D eigenvalue weighted by Crippen LogP contribution is -2.40. The number of piperidine rings is 1. The van der Waals surface area contributed by atoms with Crippen molar-refractivity contribution in [3.8, 4) is 0 Å². The van der Waals surface area contributed by atoms with Crippen molar-refractivity contribution in [2.24, 2.45) is 5.92 Å². The molecule has 0 saturated carbocycles. The molecule has 0 bridgehead atoms. The molecule has 1 aromatic heterocycles. The molecule has 0 spiro atoms. The Kier molecular flexibility index (Phi) is 6.41. The van der Waals surface area contributed by atoms with Gasteiger partial charge in [0.05, 0.1) is 16.6 Å². The minimum atomic E-state index is -4.16. The Bertz CT molecular complexity index is 954. The second-order valence-electron chi connectivity index (χ2n) is 6.45. The molecule has 1 aliphatic rings. The fourth-order valence-electron chi connectivity index (χ4n) is 2.99. The Morgan fingerprint density at radius 1 is 1.32 bits per heavy atom. The number of thiazole rings is 1. The molecule has 0 N–H and O–H groups in total. The minimum Gasteiger partial charge on any atom is -0.459 e. The molecular weight excluding hydrogens is 410 g/mol. The lowest BCUT2D eigenvalue weighted by molar-refractivity contribution is -0.151. The molecule has 1 aliphatic heterocycles. The Balaban J connectivity index is 1.57. The summed E-state index contributed by atoms with van der Waals surface area (Å²) in [5.41, 5.74) is 0.691. The molecule has 1 aromatic carbocycles. The molecule has 0 amide bonds. The number of carbonyl (C=O) groups excluding carboxylic acids is 1. The minimum absolute atomic E-state index is 0.0364. The fraction of sp³-hybridized carbons (Fsp3) is 0.444. The van der Waals surface area contributed by atoms with Gasteiger partial charge in [0.15, 0.2) is 0 Å². The van der Waals surface area contributed by atoms with E-state index in [9.17, 15) is 22.0 Å². The number of hydrogen-bond donors (Lipinski definition) is 0. The van der Waals surface area contributed by atoms with E-state index in [2.05, 4.69) is 4.98 Å². The highest BCUT2D eigenvalue weighted by Gasteiger charge is 2.34. The molecule has 0 unspecified atom stereocenters. The Morgan fingerprint density at radius 3 is 2.68 bits per heavy atom. The zero-order chi connectivity index (χ0) is 20.3. The monoisotopic (exact) mass is 430 g/mol. The lowest BCUT2D eigenvalue weighted by Gasteiger charge is -2.30. The number of benzene rings is 1. The van der Waals surface area contributed by atoms with E-state index in [0.29, 0.717) is 11.8 Å². The van der Waals surface area contributed by atoms with Gasteiger partial charge in [-0.2, -0.15) is 4.31 Å². The maximum absolute atomic E-state index is 13.9. The molecule has 0 radical (unpaired) electrons. The third-order valence-electron chi connectivity index (χ3n) is 4.56. The first-order valence-corrected chi connectivity index (χ1v) is 11.2. The van der Waals surface area contributed by atoms with Crippen LogP contribution in [-0.4, -0.2) is 36.8 Å². The van der Waals surface area contributed by atoms with Crippen LogP contribution in [0.4, 0.5) is 8.78 Å². The number of sulfonamides is 1. The first kappa shape index (κ1) is 20.8. The molecule has 1 saturated heterocycles. The van der Waals surface area contributed by atoms with Crippen molar-refractivity contribution >= 4 is 27.3 Å². The molecule has 0 atom stereocenters. The van der Waals surface area contributed by atoms with Gasteiger partial charge in [-0.05, 0) is 37.5 Å². The van der Waals surface area contributed by atoms with Gasteiger partial charge in [0.2, 0.25) is 10.0 Å². The Hall–Kier alpha value is -1.91. The van der Waals surface area contributed by atoms with E-state index in [1.54, 1.807) is 0 Å². The van der Waals surface area contributed by atoms with Crippen LogP contribution in [0.5, 0.6) is 0 Å². The first-order valence-electron chi connectivity index (χ1n) is 8.86. The number of carbonyl (C=O) groups is 1. The van der Waals surface area contributed by atoms with Gasteiger partial charge in [-0.3, -0.25) is 4.79 Å². The van der Waals surface area contributed by atoms with E-state index in [-0.39, 0.29) is 32.5 Å². The van der Waals surface area contributed by atoms with Gasteiger partial charge in [-0.15, -0.1) is 11.3 Å². The third-order valence-corrected chi connectivity index (χ3v) is 7.52. The van der Waals surface area contributed by atoms with E-state index < -0.39 is 38.4 Å². The van der Waals surface area contributed by atoms with E-state index in [1.807, 2.05) is 12.3 Å². The largest absolute Gasteiger partial charge is 0.459 e. The van der Waals surface area contributed by atoms with Crippen LogP contribution in [0.2, 0.25) is 0 Å². The van der Waals surface area contributed by atoms with Crippen molar-refractivity contribution in [3.63, 3.8) is 0 Å². The highest BCUT2D eigenvalue weighted by molar-refractivity contribution is 7.89. The van der Waals surface area contributed by atoms with E-state index >= 15 is 0 Å². The number of nitrogens with zero attached hydrogens (tertiary/aromatic N) is 2. The lowest BCUT2D eigenvalue weighted by atomic mass is 9.98. The molecule has 10 heteroatoms. The second kappa shape index (κ2) is 8.62. The van der Waals surface area contributed by atoms with Gasteiger partial charge in [0.1, 0.15) is 23.1 Å². The highest BCUT2D eigenvalue weighted by atomic mass is 32.2. The summed E-state index contributed by atoms with van der Waals surface area (Å²) in [5.74, 6) is -2.67. The van der Waals surface area contributed by atoms with Gasteiger partial charge in [0, 0.05) is 18.5 Å². The molecule has 1 fully saturated rings. The summed E-state index contributed by atoms with van der Waals surface area (Å²) >= 11 is 1.51. The van der Waals surface area contributed by atoms with Crippen molar-refractivity contribution in [1.82, 2.24) is 9.29 Å². The number of aryl methyl sites for hydroxylation is 1. The summed E-state index contributed by atoms with van der Waals surface area (Å²) in [7, 11) is -4.16. The fourth-order valence-corrected chi connectivity index (χ4v) is 5.26. The van der Waals surface area contributed by atoms with Gasteiger partial charge in [-0.1, -0.05) is 6.92 Å². The van der Waals surface area contributed by atoms with E-state index in [4.69, 9.17) is 4.74 Å². The molecule has 28 heavy (non-hydrogen) atoms. The topological polar surface area (TPSA) is 76.6 Å². The van der Waals surface area contributed by atoms with Crippen LogP contribution in [0.15, 0.2) is 28.5 Å². The maximum Gasteiger partial charge on any atom is 0.309 e. The smallest absolute Gasteiger partial charge is 0.309 e. The van der Waals surface area contributed by atoms with Crippen molar-refractivity contribution in [2.75, 3.05) is 13.1 Å². The predicted octanol–water partition coefficient (Wildman–Crippen LogP) is 3.13. The van der Waals surface area contributed by atoms with Crippen molar-refractivity contribution in [2.45, 2.75) is 37.7 Å². The number of aromatic nitrogens is 1. The normalized spacial score (nSPS) is 16.2. The molecule has 2 heterocycles. The summed E-state index contributed by atoms with van der Waals surface area (Å²) < 4.78 is 58.7. The Morgan fingerprint density at radius 2 is 2.04 bits per heavy atom. The summed E-state index contributed by atoms with van der Waals surface area (Å²) in [6, 6.07) is 2.32. The quantitative estimate of drug-likeness (QED) is 0.658. The number of esters is 1. The van der Waals surface area contributed by atoms with E-state index in [0.717, 1.165) is 27.9 Å². The average Bonchev–Trinajstić information content (AvgIpc) is 3.16. The maximum atomic E-state index is 13.9. The van der Waals surface area contributed by atoms with Crippen LogP contribution in [0.1, 0.15) is 30.5 Å². The van der Waals surface area contributed by atoms with Crippen LogP contribution in [0.3, 0.4) is 0 Å². The molecule has 3 rings (SSSR count). The number of hydrogen-bond acceptors (Lipinski definition) is 6. The first-order chi connectivity index (χ1) is 13.3. The van der Waals surface area contributed by atoms with Crippen LogP contribution < -0.4 is 0 Å². The predicted molar refractivity (Wildman–Crippen MR) is 99.1 cm³/mol. The summed E-state index contributed by atoms with van der Waals surface area (Å²) in [4.78, 5) is 15.9. The van der Waals surface area contributed by atoms with Gasteiger partial charge < -0.3 is 4.74 Å². The summed E-state index contributed by atoms with van der Waals surface area (Å²) in [6.07, 6.45) is 1.33. The molecular formula is C18H20F2N2O4S2. The van der Waals surface area contributed by atoms with Crippen LogP contribution in [0.25, 0.3) is 0 Å². The molecule has 0 aliphatic carbocycles. The zero-order valence-electron chi connectivity index (χ0n) is 15.2.